The highest BCUT2D eigenvalue weighted by atomic mass is 32.2. The number of hydrogen-bond acceptors (Lipinski definition) is 4. The number of fused-ring (bicyclic) bond motifs is 1. The van der Waals surface area contributed by atoms with Gasteiger partial charge < -0.3 is 0 Å². The van der Waals surface area contributed by atoms with Gasteiger partial charge in [0.1, 0.15) is 0 Å². The Morgan fingerprint density at radius 3 is 2.84 bits per heavy atom. The summed E-state index contributed by atoms with van der Waals surface area (Å²) < 4.78 is 27.8. The minimum atomic E-state index is -3.45. The van der Waals surface area contributed by atoms with E-state index in [1.807, 2.05) is 0 Å². The van der Waals surface area contributed by atoms with Crippen LogP contribution in [0.5, 0.6) is 0 Å². The maximum Gasteiger partial charge on any atom is 0.278 e. The predicted octanol–water partition coefficient (Wildman–Crippen LogP) is -0.872. The SMILES string of the molecule is CN(C)S(=O)(=O)NCCn1nc2c(cc1=O)CCC2. The van der Waals surface area contributed by atoms with Gasteiger partial charge in [-0.1, -0.05) is 0 Å². The van der Waals surface area contributed by atoms with Gasteiger partial charge in [0.05, 0.1) is 12.2 Å². The van der Waals surface area contributed by atoms with Gasteiger partial charge in [-0.2, -0.15) is 17.8 Å². The average Bonchev–Trinajstić information content (AvgIpc) is 2.75. The fourth-order valence-corrected chi connectivity index (χ4v) is 2.62. The Balaban J connectivity index is 2.03. The van der Waals surface area contributed by atoms with Crippen LogP contribution in [0.25, 0.3) is 0 Å². The van der Waals surface area contributed by atoms with E-state index < -0.39 is 10.2 Å². The van der Waals surface area contributed by atoms with Crippen LogP contribution in [-0.2, 0) is 29.6 Å². The highest BCUT2D eigenvalue weighted by Gasteiger charge is 2.15. The van der Waals surface area contributed by atoms with Gasteiger partial charge in [0, 0.05) is 26.7 Å². The van der Waals surface area contributed by atoms with Crippen LogP contribution in [0.4, 0.5) is 0 Å². The predicted molar refractivity (Wildman–Crippen MR) is 71.1 cm³/mol. The zero-order valence-electron chi connectivity index (χ0n) is 11.1. The smallest absolute Gasteiger partial charge is 0.268 e. The molecule has 0 aliphatic heterocycles. The summed E-state index contributed by atoms with van der Waals surface area (Å²) in [4.78, 5) is 11.8. The third kappa shape index (κ3) is 3.20. The second kappa shape index (κ2) is 5.40. The fraction of sp³-hybridized carbons (Fsp3) is 0.636. The number of aryl methyl sites for hydroxylation is 2. The van der Waals surface area contributed by atoms with Crippen molar-refractivity contribution >= 4 is 10.2 Å². The highest BCUT2D eigenvalue weighted by Crippen LogP contribution is 2.16. The van der Waals surface area contributed by atoms with Crippen LogP contribution in [-0.4, -0.2) is 43.1 Å². The summed E-state index contributed by atoms with van der Waals surface area (Å²) in [6.07, 6.45) is 2.82. The molecule has 1 aromatic heterocycles. The number of rotatable bonds is 5. The van der Waals surface area contributed by atoms with E-state index in [2.05, 4.69) is 9.82 Å². The Labute approximate surface area is 112 Å². The van der Waals surface area contributed by atoms with Crippen LogP contribution in [0, 0.1) is 0 Å². The molecule has 2 rings (SSSR count). The van der Waals surface area contributed by atoms with Crippen LogP contribution in [0.2, 0.25) is 0 Å². The lowest BCUT2D eigenvalue weighted by Crippen LogP contribution is -2.38. The molecule has 1 aromatic rings. The molecule has 0 atom stereocenters. The standard InChI is InChI=1S/C11H18N4O3S/c1-14(2)19(17,18)12-6-7-15-11(16)8-9-4-3-5-10(9)13-15/h8,12H,3-7H2,1-2H3. The Hall–Kier alpha value is -1.25. The molecule has 0 saturated carbocycles. The summed E-state index contributed by atoms with van der Waals surface area (Å²) in [6.45, 7) is 0.380. The summed E-state index contributed by atoms with van der Waals surface area (Å²) in [6, 6.07) is 1.61. The summed E-state index contributed by atoms with van der Waals surface area (Å²) >= 11 is 0. The maximum atomic E-state index is 11.8. The van der Waals surface area contributed by atoms with E-state index >= 15 is 0 Å². The Bertz CT molecular complexity index is 621. The van der Waals surface area contributed by atoms with E-state index in [0.29, 0.717) is 0 Å². The first kappa shape index (κ1) is 14.2. The van der Waals surface area contributed by atoms with E-state index in [0.717, 1.165) is 34.8 Å². The normalized spacial score (nSPS) is 14.9. The zero-order chi connectivity index (χ0) is 14.0. The second-order valence-corrected chi connectivity index (χ2v) is 6.68. The maximum absolute atomic E-state index is 11.8. The van der Waals surface area contributed by atoms with Crippen LogP contribution in [0.15, 0.2) is 10.9 Å². The van der Waals surface area contributed by atoms with Crippen molar-refractivity contribution in [2.75, 3.05) is 20.6 Å². The Kier molecular flexibility index (Phi) is 4.02. The van der Waals surface area contributed by atoms with E-state index in [4.69, 9.17) is 0 Å². The molecule has 0 unspecified atom stereocenters. The van der Waals surface area contributed by atoms with E-state index in [-0.39, 0.29) is 18.6 Å². The molecule has 0 spiro atoms. The molecule has 1 N–H and O–H groups in total. The van der Waals surface area contributed by atoms with Crippen molar-refractivity contribution in [1.82, 2.24) is 18.8 Å². The first-order chi connectivity index (χ1) is 8.90. The topological polar surface area (TPSA) is 84.3 Å². The van der Waals surface area contributed by atoms with Crippen molar-refractivity contribution in [2.45, 2.75) is 25.8 Å². The molecule has 7 nitrogen and oxygen atoms in total. The lowest BCUT2D eigenvalue weighted by molar-refractivity contribution is 0.493. The fourth-order valence-electron chi connectivity index (χ4n) is 2.01. The number of aromatic nitrogens is 2. The highest BCUT2D eigenvalue weighted by molar-refractivity contribution is 7.87. The molecule has 1 aliphatic carbocycles. The van der Waals surface area contributed by atoms with Gasteiger partial charge in [-0.25, -0.2) is 9.40 Å². The minimum absolute atomic E-state index is 0.145. The lowest BCUT2D eigenvalue weighted by Gasteiger charge is -2.12. The number of nitrogens with one attached hydrogen (secondary N) is 1. The molecule has 0 fully saturated rings. The first-order valence-corrected chi connectivity index (χ1v) is 7.61. The molecule has 8 heteroatoms. The Morgan fingerprint density at radius 1 is 1.42 bits per heavy atom. The minimum Gasteiger partial charge on any atom is -0.268 e. The number of hydrogen-bond donors (Lipinski definition) is 1. The first-order valence-electron chi connectivity index (χ1n) is 6.17. The molecule has 0 radical (unpaired) electrons. The summed E-state index contributed by atoms with van der Waals surface area (Å²) in [5.41, 5.74) is 1.80. The van der Waals surface area contributed by atoms with Crippen molar-refractivity contribution in [3.05, 3.63) is 27.7 Å². The third-order valence-corrected chi connectivity index (χ3v) is 4.64. The average molecular weight is 286 g/mol. The van der Waals surface area contributed by atoms with E-state index in [9.17, 15) is 13.2 Å². The van der Waals surface area contributed by atoms with Gasteiger partial charge in [-0.3, -0.25) is 4.79 Å². The molecule has 0 aromatic carbocycles. The summed E-state index contributed by atoms with van der Waals surface area (Å²) in [7, 11) is -0.559. The van der Waals surface area contributed by atoms with Crippen molar-refractivity contribution in [3.63, 3.8) is 0 Å². The monoisotopic (exact) mass is 286 g/mol. The van der Waals surface area contributed by atoms with E-state index in [1.54, 1.807) is 6.07 Å². The molecule has 1 aliphatic rings. The molecule has 0 bridgehead atoms. The van der Waals surface area contributed by atoms with Gasteiger partial charge in [-0.05, 0) is 24.8 Å². The summed E-state index contributed by atoms with van der Waals surface area (Å²) in [5, 5.41) is 4.27. The van der Waals surface area contributed by atoms with Crippen molar-refractivity contribution in [2.24, 2.45) is 0 Å². The van der Waals surface area contributed by atoms with Gasteiger partial charge in [0.15, 0.2) is 0 Å². The van der Waals surface area contributed by atoms with Gasteiger partial charge >= 0.3 is 0 Å². The van der Waals surface area contributed by atoms with Crippen molar-refractivity contribution in [1.29, 1.82) is 0 Å². The third-order valence-electron chi connectivity index (χ3n) is 3.11. The Morgan fingerprint density at radius 2 is 2.16 bits per heavy atom. The van der Waals surface area contributed by atoms with Crippen LogP contribution in [0.3, 0.4) is 0 Å². The van der Waals surface area contributed by atoms with Gasteiger partial charge in [0.25, 0.3) is 15.8 Å². The van der Waals surface area contributed by atoms with Gasteiger partial charge in [0.2, 0.25) is 0 Å². The van der Waals surface area contributed by atoms with Crippen LogP contribution < -0.4 is 10.3 Å². The molecule has 19 heavy (non-hydrogen) atoms. The largest absolute Gasteiger partial charge is 0.278 e. The summed E-state index contributed by atoms with van der Waals surface area (Å²) in [5.74, 6) is 0. The van der Waals surface area contributed by atoms with Gasteiger partial charge in [-0.15, -0.1) is 0 Å². The van der Waals surface area contributed by atoms with Crippen LogP contribution in [0.1, 0.15) is 17.7 Å². The molecular weight excluding hydrogens is 268 g/mol. The quantitative estimate of drug-likeness (QED) is 0.762. The lowest BCUT2D eigenvalue weighted by atomic mass is 10.2. The second-order valence-electron chi connectivity index (χ2n) is 4.71. The zero-order valence-corrected chi connectivity index (χ0v) is 11.9. The molecule has 106 valence electrons. The number of nitrogens with zero attached hydrogens (tertiary/aromatic N) is 3. The van der Waals surface area contributed by atoms with Crippen molar-refractivity contribution in [3.8, 4) is 0 Å². The molecule has 0 saturated heterocycles. The van der Waals surface area contributed by atoms with Crippen molar-refractivity contribution < 1.29 is 8.42 Å². The molecule has 1 heterocycles. The van der Waals surface area contributed by atoms with E-state index in [1.165, 1.54) is 18.8 Å². The van der Waals surface area contributed by atoms with Crippen LogP contribution >= 0.6 is 0 Å². The molecular formula is C11H18N4O3S. The molecule has 0 amide bonds.